The van der Waals surface area contributed by atoms with Crippen LogP contribution in [0.25, 0.3) is 5.78 Å². The van der Waals surface area contributed by atoms with E-state index in [4.69, 9.17) is 0 Å². The van der Waals surface area contributed by atoms with Gasteiger partial charge in [0.15, 0.2) is 11.0 Å². The van der Waals surface area contributed by atoms with Gasteiger partial charge in [0, 0.05) is 12.2 Å². The summed E-state index contributed by atoms with van der Waals surface area (Å²) in [4.78, 5) is 8.58. The number of aromatic nitrogens is 7. The van der Waals surface area contributed by atoms with Crippen LogP contribution in [0.5, 0.6) is 0 Å². The van der Waals surface area contributed by atoms with Gasteiger partial charge in [-0.15, -0.1) is 10.2 Å². The molecule has 0 radical (unpaired) electrons. The Morgan fingerprint density at radius 2 is 2.14 bits per heavy atom. The molecule has 0 aromatic carbocycles. The molecule has 3 rings (SSSR count). The molecule has 0 atom stereocenters. The molecule has 0 amide bonds. The molecule has 3 aromatic heterocycles. The third kappa shape index (κ3) is 2.69. The van der Waals surface area contributed by atoms with E-state index in [0.717, 1.165) is 35.3 Å². The summed E-state index contributed by atoms with van der Waals surface area (Å²) in [5.41, 5.74) is 0.951. The lowest BCUT2D eigenvalue weighted by Gasteiger charge is -2.08. The highest BCUT2D eigenvalue weighted by Crippen LogP contribution is 2.27. The van der Waals surface area contributed by atoms with E-state index >= 15 is 0 Å². The van der Waals surface area contributed by atoms with Crippen LogP contribution in [0.15, 0.2) is 22.6 Å². The van der Waals surface area contributed by atoms with E-state index in [9.17, 15) is 5.11 Å². The average Bonchev–Trinajstić information content (AvgIpc) is 3.15. The summed E-state index contributed by atoms with van der Waals surface area (Å²) in [6, 6.07) is 1.98. The van der Waals surface area contributed by atoms with E-state index in [2.05, 4.69) is 32.2 Å². The number of aliphatic hydroxyl groups is 1. The van der Waals surface area contributed by atoms with Crippen molar-refractivity contribution in [3.8, 4) is 0 Å². The predicted octanol–water partition coefficient (Wildman–Crippen LogP) is 1.33. The highest BCUT2D eigenvalue weighted by Gasteiger charge is 2.15. The zero-order valence-corrected chi connectivity index (χ0v) is 13.3. The van der Waals surface area contributed by atoms with Crippen LogP contribution in [0, 0.1) is 0 Å². The highest BCUT2D eigenvalue weighted by molar-refractivity contribution is 7.99. The van der Waals surface area contributed by atoms with Crippen LogP contribution in [0.1, 0.15) is 31.8 Å². The predicted molar refractivity (Wildman–Crippen MR) is 80.5 cm³/mol. The first-order valence-corrected chi connectivity index (χ1v) is 7.98. The second-order valence-electron chi connectivity index (χ2n) is 4.72. The summed E-state index contributed by atoms with van der Waals surface area (Å²) >= 11 is 1.45. The van der Waals surface area contributed by atoms with Crippen molar-refractivity contribution in [2.75, 3.05) is 0 Å². The molecule has 0 unspecified atom stereocenters. The molecule has 0 saturated heterocycles. The lowest BCUT2D eigenvalue weighted by molar-refractivity contribution is 0.263. The summed E-state index contributed by atoms with van der Waals surface area (Å²) < 4.78 is 3.62. The Hall–Kier alpha value is -2.00. The first-order valence-electron chi connectivity index (χ1n) is 7.17. The van der Waals surface area contributed by atoms with Gasteiger partial charge in [0.2, 0.25) is 0 Å². The lowest BCUT2D eigenvalue weighted by atomic mass is 10.3. The van der Waals surface area contributed by atoms with E-state index < -0.39 is 0 Å². The number of aliphatic hydroxyl groups excluding tert-OH is 1. The zero-order valence-electron chi connectivity index (χ0n) is 12.5. The van der Waals surface area contributed by atoms with Gasteiger partial charge in [0.1, 0.15) is 18.0 Å². The fourth-order valence-electron chi connectivity index (χ4n) is 2.14. The Morgan fingerprint density at radius 1 is 1.27 bits per heavy atom. The standard InChI is InChI=1S/C13H17N7OS/c1-3-5-19-10(7-21)17-18-13(19)22-11-6-9(4-2)16-12-14-8-15-20(11)12/h6,8,21H,3-5,7H2,1-2H3. The molecule has 0 aliphatic rings. The van der Waals surface area contributed by atoms with Gasteiger partial charge in [0.25, 0.3) is 5.78 Å². The number of nitrogens with zero attached hydrogens (tertiary/aromatic N) is 7. The molecule has 0 aliphatic heterocycles. The summed E-state index contributed by atoms with van der Waals surface area (Å²) in [6.45, 7) is 4.76. The Morgan fingerprint density at radius 3 is 2.86 bits per heavy atom. The second-order valence-corrected chi connectivity index (χ2v) is 5.71. The van der Waals surface area contributed by atoms with Crippen LogP contribution in [-0.4, -0.2) is 39.5 Å². The first-order chi connectivity index (χ1) is 10.8. The smallest absolute Gasteiger partial charge is 0.253 e. The van der Waals surface area contributed by atoms with Crippen LogP contribution in [0.4, 0.5) is 0 Å². The van der Waals surface area contributed by atoms with Gasteiger partial charge < -0.3 is 9.67 Å². The van der Waals surface area contributed by atoms with Crippen molar-refractivity contribution in [3.63, 3.8) is 0 Å². The quantitative estimate of drug-likeness (QED) is 0.685. The van der Waals surface area contributed by atoms with Crippen molar-refractivity contribution < 1.29 is 5.11 Å². The van der Waals surface area contributed by atoms with Crippen molar-refractivity contribution in [3.05, 3.63) is 23.9 Å². The van der Waals surface area contributed by atoms with Gasteiger partial charge in [-0.2, -0.15) is 14.6 Å². The molecule has 3 heterocycles. The van der Waals surface area contributed by atoms with Crippen molar-refractivity contribution in [1.82, 2.24) is 34.3 Å². The van der Waals surface area contributed by atoms with Gasteiger partial charge in [-0.3, -0.25) is 0 Å². The molecule has 8 nitrogen and oxygen atoms in total. The van der Waals surface area contributed by atoms with Crippen LogP contribution in [0.2, 0.25) is 0 Å². The van der Waals surface area contributed by atoms with E-state index in [-0.39, 0.29) is 6.61 Å². The maximum absolute atomic E-state index is 9.38. The molecule has 0 spiro atoms. The van der Waals surface area contributed by atoms with Crippen molar-refractivity contribution in [1.29, 1.82) is 0 Å². The Labute approximate surface area is 131 Å². The van der Waals surface area contributed by atoms with Gasteiger partial charge in [-0.25, -0.2) is 4.98 Å². The van der Waals surface area contributed by atoms with E-state index in [1.54, 1.807) is 4.52 Å². The maximum Gasteiger partial charge on any atom is 0.253 e. The largest absolute Gasteiger partial charge is 0.388 e. The molecule has 0 saturated carbocycles. The van der Waals surface area contributed by atoms with Crippen LogP contribution >= 0.6 is 11.8 Å². The molecule has 0 aliphatic carbocycles. The minimum atomic E-state index is -0.122. The Kier molecular flexibility index (Phi) is 4.34. The number of hydrogen-bond donors (Lipinski definition) is 1. The van der Waals surface area contributed by atoms with Crippen molar-refractivity contribution >= 4 is 17.5 Å². The SMILES string of the molecule is CCCn1c(CO)nnc1Sc1cc(CC)nc2ncnn12. The zero-order chi connectivity index (χ0) is 15.5. The third-order valence-electron chi connectivity index (χ3n) is 3.21. The topological polar surface area (TPSA) is 94.0 Å². The second kappa shape index (κ2) is 6.41. The highest BCUT2D eigenvalue weighted by atomic mass is 32.2. The van der Waals surface area contributed by atoms with Gasteiger partial charge in [-0.1, -0.05) is 13.8 Å². The summed E-state index contributed by atoms with van der Waals surface area (Å²) in [5, 5.41) is 23.4. The summed E-state index contributed by atoms with van der Waals surface area (Å²) in [7, 11) is 0. The molecule has 22 heavy (non-hydrogen) atoms. The Bertz CT molecular complexity index is 782. The molecule has 0 fully saturated rings. The van der Waals surface area contributed by atoms with Crippen LogP contribution in [0.3, 0.4) is 0 Å². The van der Waals surface area contributed by atoms with Crippen molar-refractivity contribution in [2.45, 2.75) is 50.0 Å². The molecular weight excluding hydrogens is 302 g/mol. The first kappa shape index (κ1) is 14.9. The van der Waals surface area contributed by atoms with E-state index in [1.807, 2.05) is 17.6 Å². The van der Waals surface area contributed by atoms with Gasteiger partial charge >= 0.3 is 0 Å². The number of fused-ring (bicyclic) bond motifs is 1. The van der Waals surface area contributed by atoms with E-state index in [0.29, 0.717) is 11.6 Å². The monoisotopic (exact) mass is 319 g/mol. The normalized spacial score (nSPS) is 11.4. The lowest BCUT2D eigenvalue weighted by Crippen LogP contribution is -2.05. The minimum Gasteiger partial charge on any atom is -0.388 e. The third-order valence-corrected chi connectivity index (χ3v) is 4.20. The van der Waals surface area contributed by atoms with Gasteiger partial charge in [0.05, 0.1) is 0 Å². The molecule has 116 valence electrons. The minimum absolute atomic E-state index is 0.122. The number of hydrogen-bond acceptors (Lipinski definition) is 7. The van der Waals surface area contributed by atoms with Crippen LogP contribution < -0.4 is 0 Å². The average molecular weight is 319 g/mol. The van der Waals surface area contributed by atoms with Crippen molar-refractivity contribution in [2.24, 2.45) is 0 Å². The molecule has 3 aromatic rings. The number of aryl methyl sites for hydroxylation is 1. The Balaban J connectivity index is 2.02. The molecular formula is C13H17N7OS. The number of rotatable bonds is 6. The van der Waals surface area contributed by atoms with Gasteiger partial charge in [-0.05, 0) is 30.7 Å². The van der Waals surface area contributed by atoms with E-state index in [1.165, 1.54) is 18.1 Å². The molecule has 1 N–H and O–H groups in total. The summed E-state index contributed by atoms with van der Waals surface area (Å²) in [5.74, 6) is 1.15. The van der Waals surface area contributed by atoms with Crippen LogP contribution in [-0.2, 0) is 19.6 Å². The summed E-state index contributed by atoms with van der Waals surface area (Å²) in [6.07, 6.45) is 3.25. The molecule has 9 heteroatoms. The maximum atomic E-state index is 9.38. The fourth-order valence-corrected chi connectivity index (χ4v) is 3.12. The molecule has 0 bridgehead atoms. The fraction of sp³-hybridized carbons (Fsp3) is 0.462.